The minimum Gasteiger partial charge on any atom is -0.462 e. The van der Waals surface area contributed by atoms with Crippen LogP contribution in [0.4, 0.5) is 0 Å². The van der Waals surface area contributed by atoms with E-state index in [4.69, 9.17) is 13.9 Å². The van der Waals surface area contributed by atoms with Crippen molar-refractivity contribution in [2.24, 2.45) is 0 Å². The molecular formula is C8H16O3Si. The molecule has 12 heavy (non-hydrogen) atoms. The first kappa shape index (κ1) is 9.60. The van der Waals surface area contributed by atoms with E-state index in [2.05, 4.69) is 19.6 Å². The highest BCUT2D eigenvalue weighted by Gasteiger charge is 2.14. The molecule has 0 saturated carbocycles. The molecule has 4 heteroatoms. The fourth-order valence-electron chi connectivity index (χ4n) is 0.860. The normalized spacial score (nSPS) is 16.8. The van der Waals surface area contributed by atoms with Gasteiger partial charge >= 0.3 is 0 Å². The molecule has 0 saturated heterocycles. The van der Waals surface area contributed by atoms with Gasteiger partial charge in [-0.05, 0) is 19.6 Å². The Balaban J connectivity index is 2.10. The average Bonchev–Trinajstić information content (AvgIpc) is 2.36. The lowest BCUT2D eigenvalue weighted by Crippen LogP contribution is -2.25. The summed E-state index contributed by atoms with van der Waals surface area (Å²) in [6, 6.07) is 0. The van der Waals surface area contributed by atoms with Gasteiger partial charge in [0.25, 0.3) is 0 Å². The Morgan fingerprint density at radius 2 is 2.25 bits per heavy atom. The maximum Gasteiger partial charge on any atom is 0.229 e. The van der Waals surface area contributed by atoms with Gasteiger partial charge in [0.05, 0.1) is 0 Å². The highest BCUT2D eigenvalue weighted by molar-refractivity contribution is 6.69. The molecule has 1 aliphatic heterocycles. The molecule has 0 bridgehead atoms. The van der Waals surface area contributed by atoms with E-state index in [-0.39, 0.29) is 0 Å². The van der Waals surface area contributed by atoms with E-state index in [1.807, 2.05) is 0 Å². The van der Waals surface area contributed by atoms with Crippen molar-refractivity contribution in [1.29, 1.82) is 0 Å². The van der Waals surface area contributed by atoms with Crippen molar-refractivity contribution < 1.29 is 13.9 Å². The molecular weight excluding hydrogens is 172 g/mol. The Morgan fingerprint density at radius 3 is 2.75 bits per heavy atom. The van der Waals surface area contributed by atoms with Crippen LogP contribution in [0.25, 0.3) is 0 Å². The second-order valence-corrected chi connectivity index (χ2v) is 8.24. The zero-order valence-corrected chi connectivity index (χ0v) is 8.92. The van der Waals surface area contributed by atoms with E-state index in [1.54, 1.807) is 6.26 Å². The molecule has 0 aromatic rings. The van der Waals surface area contributed by atoms with Gasteiger partial charge in [0.15, 0.2) is 8.32 Å². The molecule has 0 aromatic heterocycles. The van der Waals surface area contributed by atoms with Crippen molar-refractivity contribution >= 4 is 8.32 Å². The van der Waals surface area contributed by atoms with Gasteiger partial charge in [-0.2, -0.15) is 0 Å². The predicted octanol–water partition coefficient (Wildman–Crippen LogP) is 2.07. The predicted molar refractivity (Wildman–Crippen MR) is 49.0 cm³/mol. The highest BCUT2D eigenvalue weighted by atomic mass is 28.4. The van der Waals surface area contributed by atoms with Crippen molar-refractivity contribution in [3.8, 4) is 0 Å². The minimum absolute atomic E-state index is 0.363. The van der Waals surface area contributed by atoms with E-state index in [0.29, 0.717) is 6.79 Å². The molecule has 0 aromatic carbocycles. The molecule has 0 unspecified atom stereocenters. The van der Waals surface area contributed by atoms with Crippen molar-refractivity contribution in [2.75, 3.05) is 13.4 Å². The molecule has 1 rings (SSSR count). The van der Waals surface area contributed by atoms with Crippen molar-refractivity contribution in [1.82, 2.24) is 0 Å². The van der Waals surface area contributed by atoms with E-state index in [1.165, 1.54) is 0 Å². The summed E-state index contributed by atoms with van der Waals surface area (Å²) in [4.78, 5) is 0. The fourth-order valence-corrected chi connectivity index (χ4v) is 1.57. The van der Waals surface area contributed by atoms with Crippen LogP contribution in [0.15, 0.2) is 12.0 Å². The Labute approximate surface area is 74.4 Å². The minimum atomic E-state index is -1.35. The zero-order valence-electron chi connectivity index (χ0n) is 7.92. The first-order valence-electron chi connectivity index (χ1n) is 4.15. The van der Waals surface area contributed by atoms with Crippen molar-refractivity contribution in [3.05, 3.63) is 12.0 Å². The summed E-state index contributed by atoms with van der Waals surface area (Å²) >= 11 is 0. The number of rotatable bonds is 4. The highest BCUT2D eigenvalue weighted by Crippen LogP contribution is 2.12. The van der Waals surface area contributed by atoms with Crippen molar-refractivity contribution in [3.63, 3.8) is 0 Å². The van der Waals surface area contributed by atoms with Crippen LogP contribution < -0.4 is 0 Å². The van der Waals surface area contributed by atoms with Crippen LogP contribution >= 0.6 is 0 Å². The van der Waals surface area contributed by atoms with E-state index >= 15 is 0 Å². The second-order valence-electron chi connectivity index (χ2n) is 3.72. The third-order valence-electron chi connectivity index (χ3n) is 1.41. The van der Waals surface area contributed by atoms with Crippen LogP contribution in [-0.2, 0) is 13.9 Å². The van der Waals surface area contributed by atoms with Gasteiger partial charge in [0.2, 0.25) is 6.79 Å². The largest absolute Gasteiger partial charge is 0.462 e. The van der Waals surface area contributed by atoms with Gasteiger partial charge < -0.3 is 13.9 Å². The van der Waals surface area contributed by atoms with E-state index in [0.717, 1.165) is 18.8 Å². The smallest absolute Gasteiger partial charge is 0.229 e. The summed E-state index contributed by atoms with van der Waals surface area (Å²) < 4.78 is 15.7. The molecule has 0 fully saturated rings. The van der Waals surface area contributed by atoms with Crippen molar-refractivity contribution in [2.45, 2.75) is 26.1 Å². The Kier molecular flexibility index (Phi) is 3.17. The molecule has 1 heterocycles. The SMILES string of the molecule is C[Si](C)(C)OCCC1=COCO1. The first-order valence-corrected chi connectivity index (χ1v) is 7.56. The standard InChI is InChI=1S/C8H16O3Si/c1-12(2,3)11-5-4-8-6-9-7-10-8/h6H,4-5,7H2,1-3H3. The summed E-state index contributed by atoms with van der Waals surface area (Å²) in [6.07, 6.45) is 2.48. The van der Waals surface area contributed by atoms with Gasteiger partial charge in [-0.25, -0.2) is 0 Å². The van der Waals surface area contributed by atoms with Crippen LogP contribution in [0.5, 0.6) is 0 Å². The number of hydrogen-bond donors (Lipinski definition) is 0. The quantitative estimate of drug-likeness (QED) is 0.632. The maximum atomic E-state index is 5.65. The second kappa shape index (κ2) is 3.96. The average molecular weight is 188 g/mol. The fraction of sp³-hybridized carbons (Fsp3) is 0.750. The molecule has 0 radical (unpaired) electrons. The number of ether oxygens (including phenoxy) is 2. The molecule has 3 nitrogen and oxygen atoms in total. The van der Waals surface area contributed by atoms with E-state index < -0.39 is 8.32 Å². The van der Waals surface area contributed by atoms with Crippen LogP contribution in [0.3, 0.4) is 0 Å². The van der Waals surface area contributed by atoms with Crippen LogP contribution in [0.1, 0.15) is 6.42 Å². The molecule has 0 spiro atoms. The lowest BCUT2D eigenvalue weighted by Gasteiger charge is -2.16. The topological polar surface area (TPSA) is 27.7 Å². The molecule has 0 atom stereocenters. The van der Waals surface area contributed by atoms with Crippen LogP contribution in [0, 0.1) is 0 Å². The lowest BCUT2D eigenvalue weighted by atomic mass is 10.4. The third kappa shape index (κ3) is 3.78. The third-order valence-corrected chi connectivity index (χ3v) is 2.48. The van der Waals surface area contributed by atoms with Gasteiger partial charge in [-0.15, -0.1) is 0 Å². The first-order chi connectivity index (χ1) is 5.58. The molecule has 0 N–H and O–H groups in total. The number of hydrogen-bond acceptors (Lipinski definition) is 3. The monoisotopic (exact) mass is 188 g/mol. The molecule has 1 aliphatic rings. The maximum absolute atomic E-state index is 5.65. The van der Waals surface area contributed by atoms with Gasteiger partial charge in [0, 0.05) is 13.0 Å². The van der Waals surface area contributed by atoms with Crippen LogP contribution in [0.2, 0.25) is 19.6 Å². The zero-order chi connectivity index (χ0) is 9.03. The summed E-state index contributed by atoms with van der Waals surface area (Å²) in [6.45, 7) is 7.63. The molecule has 70 valence electrons. The summed E-state index contributed by atoms with van der Waals surface area (Å²) in [5, 5.41) is 0. The Bertz CT molecular complexity index is 172. The van der Waals surface area contributed by atoms with E-state index in [9.17, 15) is 0 Å². The van der Waals surface area contributed by atoms with Gasteiger partial charge in [-0.1, -0.05) is 0 Å². The Hall–Kier alpha value is -0.483. The summed E-state index contributed by atoms with van der Waals surface area (Å²) in [7, 11) is -1.35. The Morgan fingerprint density at radius 1 is 1.50 bits per heavy atom. The van der Waals surface area contributed by atoms with Crippen LogP contribution in [-0.4, -0.2) is 21.7 Å². The lowest BCUT2D eigenvalue weighted by molar-refractivity contribution is 0.0756. The molecule has 0 amide bonds. The molecule has 0 aliphatic carbocycles. The van der Waals surface area contributed by atoms with Gasteiger partial charge in [-0.3, -0.25) is 0 Å². The summed E-state index contributed by atoms with van der Waals surface area (Å²) in [5.74, 6) is 0.897. The van der Waals surface area contributed by atoms with Gasteiger partial charge in [0.1, 0.15) is 12.0 Å². The summed E-state index contributed by atoms with van der Waals surface area (Å²) in [5.41, 5.74) is 0.